The first-order valence-electron chi connectivity index (χ1n) is 5.13. The SMILES string of the molecule is CC[C@@H](O)[C@@H](N)c1ccc(OC(F)(F)F)cc1.Cl. The quantitative estimate of drug-likeness (QED) is 0.894. The fourth-order valence-electron chi connectivity index (χ4n) is 1.37. The minimum Gasteiger partial charge on any atom is -0.406 e. The number of aliphatic hydroxyl groups excluding tert-OH is 1. The Morgan fingerprint density at radius 2 is 1.78 bits per heavy atom. The lowest BCUT2D eigenvalue weighted by Gasteiger charge is -2.18. The molecule has 0 spiro atoms. The molecule has 104 valence electrons. The molecule has 0 heterocycles. The molecule has 0 radical (unpaired) electrons. The van der Waals surface area contributed by atoms with Gasteiger partial charge >= 0.3 is 6.36 Å². The first-order chi connectivity index (χ1) is 7.83. The minimum atomic E-state index is -4.70. The highest BCUT2D eigenvalue weighted by atomic mass is 35.5. The Balaban J connectivity index is 0.00000289. The molecule has 3 N–H and O–H groups in total. The van der Waals surface area contributed by atoms with Crippen molar-refractivity contribution in [3.63, 3.8) is 0 Å². The van der Waals surface area contributed by atoms with E-state index in [1.54, 1.807) is 6.92 Å². The van der Waals surface area contributed by atoms with E-state index < -0.39 is 18.5 Å². The number of halogens is 4. The van der Waals surface area contributed by atoms with E-state index in [-0.39, 0.29) is 18.2 Å². The van der Waals surface area contributed by atoms with Gasteiger partial charge in [-0.3, -0.25) is 0 Å². The Morgan fingerprint density at radius 1 is 1.28 bits per heavy atom. The highest BCUT2D eigenvalue weighted by Gasteiger charge is 2.31. The van der Waals surface area contributed by atoms with Crippen LogP contribution in [0.15, 0.2) is 24.3 Å². The average molecular weight is 286 g/mol. The number of benzene rings is 1. The van der Waals surface area contributed by atoms with Crippen molar-refractivity contribution in [1.29, 1.82) is 0 Å². The van der Waals surface area contributed by atoms with Gasteiger partial charge in [-0.1, -0.05) is 19.1 Å². The summed E-state index contributed by atoms with van der Waals surface area (Å²) in [6, 6.07) is 4.55. The van der Waals surface area contributed by atoms with Gasteiger partial charge in [0.25, 0.3) is 0 Å². The van der Waals surface area contributed by atoms with Gasteiger partial charge in [0.1, 0.15) is 5.75 Å². The topological polar surface area (TPSA) is 55.5 Å². The number of alkyl halides is 3. The summed E-state index contributed by atoms with van der Waals surface area (Å²) in [5.41, 5.74) is 6.28. The lowest BCUT2D eigenvalue weighted by molar-refractivity contribution is -0.274. The minimum absolute atomic E-state index is 0. The van der Waals surface area contributed by atoms with Crippen molar-refractivity contribution < 1.29 is 23.0 Å². The first-order valence-corrected chi connectivity index (χ1v) is 5.13. The maximum atomic E-state index is 11.9. The number of aliphatic hydroxyl groups is 1. The lowest BCUT2D eigenvalue weighted by atomic mass is 10.0. The predicted molar refractivity (Wildman–Crippen MR) is 63.6 cm³/mol. The largest absolute Gasteiger partial charge is 0.573 e. The number of hydrogen-bond donors (Lipinski definition) is 2. The second kappa shape index (κ2) is 6.82. The molecule has 0 unspecified atom stereocenters. The summed E-state index contributed by atoms with van der Waals surface area (Å²) in [6.45, 7) is 1.77. The van der Waals surface area contributed by atoms with Crippen molar-refractivity contribution in [2.75, 3.05) is 0 Å². The summed E-state index contributed by atoms with van der Waals surface area (Å²) in [5.74, 6) is -0.306. The summed E-state index contributed by atoms with van der Waals surface area (Å²) in [4.78, 5) is 0. The van der Waals surface area contributed by atoms with E-state index in [4.69, 9.17) is 5.73 Å². The molecule has 0 saturated heterocycles. The second-order valence-electron chi connectivity index (χ2n) is 3.62. The third-order valence-electron chi connectivity index (χ3n) is 2.33. The molecule has 7 heteroatoms. The zero-order valence-electron chi connectivity index (χ0n) is 9.65. The van der Waals surface area contributed by atoms with Gasteiger partial charge in [-0.05, 0) is 24.1 Å². The molecule has 0 bridgehead atoms. The number of nitrogens with two attached hydrogens (primary N) is 1. The van der Waals surface area contributed by atoms with Crippen LogP contribution >= 0.6 is 12.4 Å². The van der Waals surface area contributed by atoms with Crippen LogP contribution in [-0.4, -0.2) is 17.6 Å². The molecule has 1 rings (SSSR count). The maximum Gasteiger partial charge on any atom is 0.573 e. The molecule has 0 saturated carbocycles. The third kappa shape index (κ3) is 5.12. The summed E-state index contributed by atoms with van der Waals surface area (Å²) < 4.78 is 39.4. The van der Waals surface area contributed by atoms with Crippen molar-refractivity contribution in [3.8, 4) is 5.75 Å². The van der Waals surface area contributed by atoms with Gasteiger partial charge in [0.2, 0.25) is 0 Å². The Bertz CT molecular complexity index is 356. The van der Waals surface area contributed by atoms with Gasteiger partial charge in [-0.2, -0.15) is 0 Å². The molecule has 0 aromatic heterocycles. The Morgan fingerprint density at radius 3 is 2.17 bits per heavy atom. The van der Waals surface area contributed by atoms with E-state index >= 15 is 0 Å². The number of ether oxygens (including phenoxy) is 1. The van der Waals surface area contributed by atoms with Gasteiger partial charge in [0, 0.05) is 0 Å². The van der Waals surface area contributed by atoms with E-state index in [1.165, 1.54) is 24.3 Å². The summed E-state index contributed by atoms with van der Waals surface area (Å²) in [7, 11) is 0. The van der Waals surface area contributed by atoms with Crippen LogP contribution < -0.4 is 10.5 Å². The fourth-order valence-corrected chi connectivity index (χ4v) is 1.37. The van der Waals surface area contributed by atoms with E-state index in [9.17, 15) is 18.3 Å². The van der Waals surface area contributed by atoms with Gasteiger partial charge < -0.3 is 15.6 Å². The van der Waals surface area contributed by atoms with Gasteiger partial charge in [-0.25, -0.2) is 0 Å². The highest BCUT2D eigenvalue weighted by molar-refractivity contribution is 5.85. The molecule has 0 aliphatic carbocycles. The van der Waals surface area contributed by atoms with Crippen LogP contribution in [0.4, 0.5) is 13.2 Å². The molecule has 2 atom stereocenters. The standard InChI is InChI=1S/C11H14F3NO2.ClH/c1-2-9(16)10(15)7-3-5-8(6-4-7)17-11(12,13)14;/h3-6,9-10,16H,2,15H2,1H3;1H/t9-,10+;/m1./s1. The molecule has 0 amide bonds. The molecule has 0 aliphatic rings. The van der Waals surface area contributed by atoms with Crippen molar-refractivity contribution in [3.05, 3.63) is 29.8 Å². The molecule has 0 fully saturated rings. The molecular weight excluding hydrogens is 271 g/mol. The van der Waals surface area contributed by atoms with E-state index in [1.807, 2.05) is 0 Å². The average Bonchev–Trinajstić information content (AvgIpc) is 2.26. The molecule has 3 nitrogen and oxygen atoms in total. The highest BCUT2D eigenvalue weighted by Crippen LogP contribution is 2.25. The number of hydrogen-bond acceptors (Lipinski definition) is 3. The zero-order chi connectivity index (χ0) is 13.1. The summed E-state index contributed by atoms with van der Waals surface area (Å²) in [6.07, 6.45) is -4.95. The zero-order valence-corrected chi connectivity index (χ0v) is 10.5. The summed E-state index contributed by atoms with van der Waals surface area (Å²) in [5, 5.41) is 9.50. The maximum absolute atomic E-state index is 11.9. The van der Waals surface area contributed by atoms with Crippen LogP contribution in [0.2, 0.25) is 0 Å². The predicted octanol–water partition coefficient (Wildman–Crippen LogP) is 2.78. The Labute approximate surface area is 109 Å². The second-order valence-corrected chi connectivity index (χ2v) is 3.62. The van der Waals surface area contributed by atoms with Crippen molar-refractivity contribution >= 4 is 12.4 Å². The molecular formula is C11H15ClF3NO2. The first kappa shape index (κ1) is 17.0. The third-order valence-corrected chi connectivity index (χ3v) is 2.33. The van der Waals surface area contributed by atoms with Gasteiger partial charge in [0.05, 0.1) is 12.1 Å². The van der Waals surface area contributed by atoms with Crippen LogP contribution in [0.1, 0.15) is 24.9 Å². The molecule has 0 aliphatic heterocycles. The van der Waals surface area contributed by atoms with E-state index in [0.29, 0.717) is 12.0 Å². The molecule has 18 heavy (non-hydrogen) atoms. The van der Waals surface area contributed by atoms with Crippen LogP contribution in [-0.2, 0) is 0 Å². The van der Waals surface area contributed by atoms with Crippen LogP contribution in [0.5, 0.6) is 5.75 Å². The van der Waals surface area contributed by atoms with Gasteiger partial charge in [-0.15, -0.1) is 25.6 Å². The van der Waals surface area contributed by atoms with Crippen molar-refractivity contribution in [2.45, 2.75) is 31.9 Å². The van der Waals surface area contributed by atoms with E-state index in [0.717, 1.165) is 0 Å². The normalized spacial score (nSPS) is 14.6. The molecule has 1 aromatic rings. The smallest absolute Gasteiger partial charge is 0.406 e. The van der Waals surface area contributed by atoms with Crippen LogP contribution in [0, 0.1) is 0 Å². The van der Waals surface area contributed by atoms with E-state index in [2.05, 4.69) is 4.74 Å². The van der Waals surface area contributed by atoms with Gasteiger partial charge in [0.15, 0.2) is 0 Å². The summed E-state index contributed by atoms with van der Waals surface area (Å²) >= 11 is 0. The number of rotatable bonds is 4. The monoisotopic (exact) mass is 285 g/mol. The Hall–Kier alpha value is -0.980. The van der Waals surface area contributed by atoms with Crippen molar-refractivity contribution in [1.82, 2.24) is 0 Å². The fraction of sp³-hybridized carbons (Fsp3) is 0.455. The molecule has 1 aromatic carbocycles. The van der Waals surface area contributed by atoms with Crippen LogP contribution in [0.25, 0.3) is 0 Å². The lowest BCUT2D eigenvalue weighted by Crippen LogP contribution is -2.25. The van der Waals surface area contributed by atoms with Crippen LogP contribution in [0.3, 0.4) is 0 Å². The van der Waals surface area contributed by atoms with Crippen molar-refractivity contribution in [2.24, 2.45) is 5.73 Å². The Kier molecular flexibility index (Phi) is 6.45.